The fourth-order valence-corrected chi connectivity index (χ4v) is 5.07. The normalized spacial score (nSPS) is 12.1. The molecule has 3 rings (SSSR count). The van der Waals surface area contributed by atoms with Crippen LogP contribution in [0, 0.1) is 0 Å². The lowest BCUT2D eigenvalue weighted by Crippen LogP contribution is -2.30. The standard InChI is InChI=1S/C20H20F2N2O5S2/c1-3-24(4-2)31(26,27)15-9-10-18-16(11-15)23-20(29-18)30-12-17(25)13-5-7-14(8-6-13)28-19(21)22/h5-11,19H,3-4,12H2,1-2H3. The van der Waals surface area contributed by atoms with Gasteiger partial charge in [0, 0.05) is 18.7 Å². The van der Waals surface area contributed by atoms with E-state index >= 15 is 0 Å². The van der Waals surface area contributed by atoms with Gasteiger partial charge in [0.1, 0.15) is 11.3 Å². The van der Waals surface area contributed by atoms with Crippen molar-refractivity contribution in [2.24, 2.45) is 0 Å². The number of thioether (sulfide) groups is 1. The summed E-state index contributed by atoms with van der Waals surface area (Å²) in [5, 5.41) is 0.221. The van der Waals surface area contributed by atoms with Crippen LogP contribution in [0.3, 0.4) is 0 Å². The molecule has 2 aromatic carbocycles. The summed E-state index contributed by atoms with van der Waals surface area (Å²) in [5.41, 5.74) is 1.11. The highest BCUT2D eigenvalue weighted by atomic mass is 32.2. The zero-order valence-corrected chi connectivity index (χ0v) is 18.4. The number of sulfonamides is 1. The van der Waals surface area contributed by atoms with Crippen LogP contribution >= 0.6 is 11.8 Å². The largest absolute Gasteiger partial charge is 0.435 e. The first-order valence-electron chi connectivity index (χ1n) is 9.36. The molecule has 1 aromatic heterocycles. The fraction of sp³-hybridized carbons (Fsp3) is 0.300. The number of carbonyl (C=O) groups excluding carboxylic acids is 1. The van der Waals surface area contributed by atoms with Crippen LogP contribution in [0.2, 0.25) is 0 Å². The van der Waals surface area contributed by atoms with Gasteiger partial charge in [0.05, 0.1) is 10.6 Å². The van der Waals surface area contributed by atoms with Crippen LogP contribution < -0.4 is 4.74 Å². The maximum atomic E-state index is 12.7. The number of fused-ring (bicyclic) bond motifs is 1. The van der Waals surface area contributed by atoms with Gasteiger partial charge < -0.3 is 9.15 Å². The summed E-state index contributed by atoms with van der Waals surface area (Å²) in [4.78, 5) is 16.7. The lowest BCUT2D eigenvalue weighted by atomic mass is 10.1. The van der Waals surface area contributed by atoms with E-state index in [0.29, 0.717) is 29.8 Å². The molecule has 0 radical (unpaired) electrons. The summed E-state index contributed by atoms with van der Waals surface area (Å²) in [5.74, 6) is -0.277. The Balaban J connectivity index is 1.70. The molecule has 0 atom stereocenters. The van der Waals surface area contributed by atoms with E-state index in [1.807, 2.05) is 0 Å². The summed E-state index contributed by atoms with van der Waals surface area (Å²) in [6.45, 7) is 1.31. The molecule has 31 heavy (non-hydrogen) atoms. The Morgan fingerprint density at radius 3 is 2.45 bits per heavy atom. The maximum absolute atomic E-state index is 12.7. The number of halogens is 2. The Hall–Kier alpha value is -2.50. The number of carbonyl (C=O) groups is 1. The first kappa shape index (κ1) is 23.2. The van der Waals surface area contributed by atoms with E-state index in [2.05, 4.69) is 9.72 Å². The van der Waals surface area contributed by atoms with E-state index < -0.39 is 16.6 Å². The SMILES string of the molecule is CCN(CC)S(=O)(=O)c1ccc2oc(SCC(=O)c3ccc(OC(F)F)cc3)nc2c1. The molecular weight excluding hydrogens is 450 g/mol. The topological polar surface area (TPSA) is 89.7 Å². The minimum absolute atomic E-state index is 0.00642. The third-order valence-corrected chi connectivity index (χ3v) is 7.28. The number of aromatic nitrogens is 1. The number of benzene rings is 2. The molecule has 0 spiro atoms. The van der Waals surface area contributed by atoms with Crippen molar-refractivity contribution < 1.29 is 31.1 Å². The van der Waals surface area contributed by atoms with Gasteiger partial charge in [0.2, 0.25) is 10.0 Å². The highest BCUT2D eigenvalue weighted by Crippen LogP contribution is 2.27. The molecule has 0 N–H and O–H groups in total. The van der Waals surface area contributed by atoms with Gasteiger partial charge in [-0.25, -0.2) is 13.4 Å². The number of Topliss-reactive ketones (excluding diaryl/α,β-unsaturated/α-hetero) is 1. The van der Waals surface area contributed by atoms with Crippen molar-refractivity contribution in [1.82, 2.24) is 9.29 Å². The number of oxazole rings is 1. The molecule has 166 valence electrons. The highest BCUT2D eigenvalue weighted by Gasteiger charge is 2.23. The third kappa shape index (κ3) is 5.41. The monoisotopic (exact) mass is 470 g/mol. The lowest BCUT2D eigenvalue weighted by Gasteiger charge is -2.18. The van der Waals surface area contributed by atoms with E-state index in [1.54, 1.807) is 13.8 Å². The summed E-state index contributed by atoms with van der Waals surface area (Å²) in [6, 6.07) is 9.83. The second-order valence-corrected chi connectivity index (χ2v) is 9.18. The van der Waals surface area contributed by atoms with Crippen LogP contribution in [0.15, 0.2) is 57.0 Å². The smallest absolute Gasteiger partial charge is 0.387 e. The number of nitrogens with zero attached hydrogens (tertiary/aromatic N) is 2. The Bertz CT molecular complexity index is 1160. The number of rotatable bonds is 10. The number of alkyl halides is 2. The molecule has 0 fully saturated rings. The minimum Gasteiger partial charge on any atom is -0.435 e. The summed E-state index contributed by atoms with van der Waals surface area (Å²) in [6.07, 6.45) is 0. The number of ether oxygens (including phenoxy) is 1. The maximum Gasteiger partial charge on any atom is 0.387 e. The lowest BCUT2D eigenvalue weighted by molar-refractivity contribution is -0.0498. The molecule has 0 aliphatic carbocycles. The Morgan fingerprint density at radius 2 is 1.84 bits per heavy atom. The van der Waals surface area contributed by atoms with Gasteiger partial charge in [0.25, 0.3) is 5.22 Å². The molecule has 0 saturated carbocycles. The van der Waals surface area contributed by atoms with Gasteiger partial charge in [-0.15, -0.1) is 0 Å². The van der Waals surface area contributed by atoms with Crippen LogP contribution in [0.5, 0.6) is 5.75 Å². The molecule has 11 heteroatoms. The number of hydrogen-bond acceptors (Lipinski definition) is 7. The van der Waals surface area contributed by atoms with Crippen molar-refractivity contribution in [3.05, 3.63) is 48.0 Å². The van der Waals surface area contributed by atoms with Gasteiger partial charge in [-0.1, -0.05) is 25.6 Å². The molecule has 7 nitrogen and oxygen atoms in total. The van der Waals surface area contributed by atoms with Crippen LogP contribution in [-0.2, 0) is 10.0 Å². The molecule has 0 aliphatic rings. The average Bonchev–Trinajstić information content (AvgIpc) is 3.15. The first-order valence-corrected chi connectivity index (χ1v) is 11.8. The third-order valence-electron chi connectivity index (χ3n) is 4.41. The number of ketones is 1. The summed E-state index contributed by atoms with van der Waals surface area (Å²) < 4.78 is 60.9. The van der Waals surface area contributed by atoms with Gasteiger partial charge in [-0.2, -0.15) is 13.1 Å². The number of hydrogen-bond donors (Lipinski definition) is 0. The molecule has 3 aromatic rings. The summed E-state index contributed by atoms with van der Waals surface area (Å²) in [7, 11) is -3.62. The molecule has 0 amide bonds. The molecule has 0 aliphatic heterocycles. The van der Waals surface area contributed by atoms with Crippen molar-refractivity contribution >= 4 is 38.7 Å². The molecule has 1 heterocycles. The van der Waals surface area contributed by atoms with E-state index in [4.69, 9.17) is 4.42 Å². The van der Waals surface area contributed by atoms with E-state index in [-0.39, 0.29) is 27.4 Å². The summed E-state index contributed by atoms with van der Waals surface area (Å²) >= 11 is 1.05. The Morgan fingerprint density at radius 1 is 1.16 bits per heavy atom. The van der Waals surface area contributed by atoms with E-state index in [1.165, 1.54) is 46.8 Å². The van der Waals surface area contributed by atoms with Gasteiger partial charge in [-0.3, -0.25) is 4.79 Å². The quantitative estimate of drug-likeness (QED) is 0.320. The van der Waals surface area contributed by atoms with Crippen molar-refractivity contribution in [3.63, 3.8) is 0 Å². The first-order chi connectivity index (χ1) is 14.7. The van der Waals surface area contributed by atoms with Crippen molar-refractivity contribution in [3.8, 4) is 5.75 Å². The van der Waals surface area contributed by atoms with Crippen LogP contribution in [0.4, 0.5) is 8.78 Å². The van der Waals surface area contributed by atoms with E-state index in [9.17, 15) is 22.0 Å². The Kier molecular flexibility index (Phi) is 7.29. The van der Waals surface area contributed by atoms with E-state index in [0.717, 1.165) is 11.8 Å². The van der Waals surface area contributed by atoms with Crippen LogP contribution in [-0.4, -0.2) is 48.9 Å². The van der Waals surface area contributed by atoms with Crippen LogP contribution in [0.25, 0.3) is 11.1 Å². The second kappa shape index (κ2) is 9.75. The molecule has 0 unspecified atom stereocenters. The molecular formula is C20H20F2N2O5S2. The van der Waals surface area contributed by atoms with Gasteiger partial charge >= 0.3 is 6.61 Å². The zero-order valence-electron chi connectivity index (χ0n) is 16.7. The van der Waals surface area contributed by atoms with Gasteiger partial charge in [0.15, 0.2) is 11.4 Å². The molecule has 0 saturated heterocycles. The zero-order chi connectivity index (χ0) is 22.6. The Labute approximate surface area is 182 Å². The predicted octanol–water partition coefficient (Wildman–Crippen LogP) is 4.43. The second-order valence-electron chi connectivity index (χ2n) is 6.31. The van der Waals surface area contributed by atoms with Crippen molar-refractivity contribution in [2.75, 3.05) is 18.8 Å². The van der Waals surface area contributed by atoms with Crippen LogP contribution in [0.1, 0.15) is 24.2 Å². The van der Waals surface area contributed by atoms with Crippen molar-refractivity contribution in [2.45, 2.75) is 30.6 Å². The fourth-order valence-electron chi connectivity index (χ4n) is 2.85. The minimum atomic E-state index is -3.62. The highest BCUT2D eigenvalue weighted by molar-refractivity contribution is 7.99. The molecule has 0 bridgehead atoms. The average molecular weight is 471 g/mol. The van der Waals surface area contributed by atoms with Gasteiger partial charge in [-0.05, 0) is 42.5 Å². The predicted molar refractivity (Wildman–Crippen MR) is 112 cm³/mol. The van der Waals surface area contributed by atoms with Crippen molar-refractivity contribution in [1.29, 1.82) is 0 Å².